The molecule has 22 nitrogen and oxygen atoms in total. The molecule has 0 bridgehead atoms. The normalized spacial score (nSPS) is 42.7. The molecule has 3 rings (SSSR count). The van der Waals surface area contributed by atoms with Crippen molar-refractivity contribution in [3.63, 3.8) is 0 Å². The Morgan fingerprint density at radius 3 is 2.00 bits per heavy atom. The van der Waals surface area contributed by atoms with E-state index in [1.165, 1.54) is 6.92 Å². The van der Waals surface area contributed by atoms with Gasteiger partial charge in [-0.2, -0.15) is 8.42 Å². The van der Waals surface area contributed by atoms with Crippen molar-refractivity contribution in [3.05, 3.63) is 0 Å². The van der Waals surface area contributed by atoms with Crippen molar-refractivity contribution in [1.29, 1.82) is 0 Å². The number of carboxylic acids is 1. The quantitative estimate of drug-likeness (QED) is 0.0795. The van der Waals surface area contributed by atoms with Crippen LogP contribution in [0, 0.1) is 0 Å². The second-order valence-corrected chi connectivity index (χ2v) is 11.9. The van der Waals surface area contributed by atoms with Gasteiger partial charge in [0.1, 0.15) is 73.3 Å². The van der Waals surface area contributed by atoms with Gasteiger partial charge in [0.05, 0.1) is 32.0 Å². The SMILES string of the molecule is CC(=O)N[C@@H]1[C@@H](O)[C@H](O[C@@H]2O[C@H](CO)[C@H](O)[C@H](OS(=O)(=O)O)[C@H]2O)[C@@H](CO)O[C@H]1N[C@@H](CO[C@@H]1O[C@@H](C)[C@@H](O)[C@@H](O)[C@@H]1O)C(=O)O. The number of rotatable bonds is 13. The maximum Gasteiger partial charge on any atom is 0.397 e. The number of hydrogen-bond acceptors (Lipinski definition) is 19. The van der Waals surface area contributed by atoms with Crippen LogP contribution in [0.5, 0.6) is 0 Å². The van der Waals surface area contributed by atoms with Crippen LogP contribution in [0.4, 0.5) is 0 Å². The predicted octanol–water partition coefficient (Wildman–Crippen LogP) is -7.53. The van der Waals surface area contributed by atoms with E-state index in [1.807, 2.05) is 0 Å². The molecule has 3 saturated heterocycles. The fraction of sp³-hybridized carbons (Fsp3) is 0.913. The fourth-order valence-electron chi connectivity index (χ4n) is 5.11. The molecule has 0 aliphatic carbocycles. The molecule has 23 heteroatoms. The molecule has 3 aliphatic heterocycles. The molecular weight excluding hydrogens is 656 g/mol. The summed E-state index contributed by atoms with van der Waals surface area (Å²) in [5.41, 5.74) is 0. The number of aliphatic hydroxyl groups excluding tert-OH is 8. The van der Waals surface area contributed by atoms with Crippen LogP contribution in [-0.4, -0.2) is 189 Å². The molecule has 268 valence electrons. The molecule has 0 aromatic rings. The summed E-state index contributed by atoms with van der Waals surface area (Å²) in [7, 11) is -5.26. The minimum absolute atomic E-state index is 0.761. The van der Waals surface area contributed by atoms with E-state index in [2.05, 4.69) is 14.8 Å². The monoisotopic (exact) mass is 696 g/mol. The first-order valence-electron chi connectivity index (χ1n) is 13.8. The number of aliphatic carboxylic acids is 1. The molecule has 0 aromatic heterocycles. The van der Waals surface area contributed by atoms with Crippen LogP contribution < -0.4 is 10.6 Å². The van der Waals surface area contributed by atoms with E-state index in [9.17, 15) is 64.0 Å². The Kier molecular flexibility index (Phi) is 13.5. The lowest BCUT2D eigenvalue weighted by Crippen LogP contribution is -2.71. The van der Waals surface area contributed by atoms with Crippen LogP contribution >= 0.6 is 0 Å². The number of hydrogen-bond donors (Lipinski definition) is 12. The molecule has 0 spiro atoms. The van der Waals surface area contributed by atoms with Gasteiger partial charge in [-0.05, 0) is 6.92 Å². The Morgan fingerprint density at radius 1 is 0.826 bits per heavy atom. The third kappa shape index (κ3) is 9.23. The number of nitrogens with one attached hydrogen (secondary N) is 2. The number of carbonyl (C=O) groups excluding carboxylic acids is 1. The van der Waals surface area contributed by atoms with Crippen molar-refractivity contribution in [1.82, 2.24) is 10.6 Å². The number of ether oxygens (including phenoxy) is 5. The van der Waals surface area contributed by atoms with Crippen molar-refractivity contribution in [2.45, 2.75) is 112 Å². The van der Waals surface area contributed by atoms with Crippen LogP contribution in [0.1, 0.15) is 13.8 Å². The van der Waals surface area contributed by atoms with Crippen LogP contribution in [0.15, 0.2) is 0 Å². The van der Waals surface area contributed by atoms with E-state index in [4.69, 9.17) is 28.2 Å². The molecule has 16 atom stereocenters. The zero-order valence-corrected chi connectivity index (χ0v) is 25.1. The number of carboxylic acid groups (broad SMARTS) is 1. The summed E-state index contributed by atoms with van der Waals surface area (Å²) in [6.45, 7) is -0.261. The molecule has 0 unspecified atom stereocenters. The maximum atomic E-state index is 12.1. The summed E-state index contributed by atoms with van der Waals surface area (Å²) in [5.74, 6) is -2.32. The Balaban J connectivity index is 1.80. The summed E-state index contributed by atoms with van der Waals surface area (Å²) in [6.07, 6.45) is -24.3. The minimum Gasteiger partial charge on any atom is -0.480 e. The Labute approximate surface area is 261 Å². The van der Waals surface area contributed by atoms with Gasteiger partial charge >= 0.3 is 16.4 Å². The summed E-state index contributed by atoms with van der Waals surface area (Å²) in [5, 5.41) is 96.3. The summed E-state index contributed by atoms with van der Waals surface area (Å²) < 4.78 is 63.1. The van der Waals surface area contributed by atoms with E-state index in [-0.39, 0.29) is 0 Å². The number of amides is 1. The van der Waals surface area contributed by atoms with Gasteiger partial charge < -0.3 is 75.0 Å². The second kappa shape index (κ2) is 16.1. The first-order chi connectivity index (χ1) is 21.4. The summed E-state index contributed by atoms with van der Waals surface area (Å²) in [6, 6.07) is -3.28. The molecular formula is C23H40N2O20S. The first kappa shape index (κ1) is 38.7. The van der Waals surface area contributed by atoms with Gasteiger partial charge in [-0.15, -0.1) is 0 Å². The molecule has 46 heavy (non-hydrogen) atoms. The number of carbonyl (C=O) groups is 2. The first-order valence-corrected chi connectivity index (χ1v) is 15.2. The van der Waals surface area contributed by atoms with Crippen molar-refractivity contribution in [2.75, 3.05) is 19.8 Å². The standard InChI is InChI=1S/C23H40N2O20S/c1-6-12(29)15(32)16(33)22(41-6)40-5-8(21(35)36)25-20-11(24-7(2)28)14(31)18(10(4-27)42-20)44-23-17(34)19(45-46(37,38)39)13(30)9(3-26)43-23/h6,8-20,22-23,25-27,29-34H,3-5H2,1-2H3,(H,24,28)(H,35,36)(H,37,38,39)/t6-,8-,9+,10+,11+,12+,13-,14+,15+,16-,17+,18+,19-,20+,22+,23-/m0/s1. The molecule has 0 aromatic carbocycles. The molecule has 0 radical (unpaired) electrons. The van der Waals surface area contributed by atoms with Crippen molar-refractivity contribution in [3.8, 4) is 0 Å². The van der Waals surface area contributed by atoms with Gasteiger partial charge in [0.15, 0.2) is 12.6 Å². The zero-order chi connectivity index (χ0) is 34.7. The lowest BCUT2D eigenvalue weighted by molar-refractivity contribution is -0.334. The molecule has 3 fully saturated rings. The third-order valence-corrected chi connectivity index (χ3v) is 7.98. The van der Waals surface area contributed by atoms with Gasteiger partial charge in [-0.1, -0.05) is 0 Å². The van der Waals surface area contributed by atoms with E-state index in [0.29, 0.717) is 0 Å². The highest BCUT2D eigenvalue weighted by molar-refractivity contribution is 7.80. The zero-order valence-electron chi connectivity index (χ0n) is 24.3. The Hall–Kier alpha value is -1.75. The Bertz CT molecular complexity index is 1130. The highest BCUT2D eigenvalue weighted by Gasteiger charge is 2.53. The van der Waals surface area contributed by atoms with E-state index >= 15 is 0 Å². The highest BCUT2D eigenvalue weighted by Crippen LogP contribution is 2.31. The Morgan fingerprint density at radius 2 is 1.46 bits per heavy atom. The topological polar surface area (TPSA) is 350 Å². The molecule has 12 N–H and O–H groups in total. The highest BCUT2D eigenvalue weighted by atomic mass is 32.3. The molecule has 1 amide bonds. The molecule has 3 aliphatic rings. The second-order valence-electron chi connectivity index (χ2n) is 10.9. The van der Waals surface area contributed by atoms with Gasteiger partial charge in [0, 0.05) is 6.92 Å². The minimum atomic E-state index is -5.26. The van der Waals surface area contributed by atoms with Crippen LogP contribution in [-0.2, 0) is 47.9 Å². The fourth-order valence-corrected chi connectivity index (χ4v) is 5.62. The van der Waals surface area contributed by atoms with E-state index < -0.39 is 140 Å². The van der Waals surface area contributed by atoms with Gasteiger partial charge in [0.25, 0.3) is 0 Å². The van der Waals surface area contributed by atoms with E-state index in [1.54, 1.807) is 0 Å². The predicted molar refractivity (Wildman–Crippen MR) is 141 cm³/mol. The maximum absolute atomic E-state index is 12.1. The van der Waals surface area contributed by atoms with Crippen molar-refractivity contribution >= 4 is 22.3 Å². The summed E-state index contributed by atoms with van der Waals surface area (Å²) in [4.78, 5) is 24.1. The van der Waals surface area contributed by atoms with Gasteiger partial charge in [0.2, 0.25) is 5.91 Å². The van der Waals surface area contributed by atoms with Crippen LogP contribution in [0.2, 0.25) is 0 Å². The third-order valence-electron chi connectivity index (χ3n) is 7.51. The van der Waals surface area contributed by atoms with Crippen molar-refractivity contribution < 1.29 is 96.4 Å². The number of aliphatic hydroxyl groups is 8. The van der Waals surface area contributed by atoms with Gasteiger partial charge in [-0.25, -0.2) is 4.18 Å². The average Bonchev–Trinajstić information content (AvgIpc) is 2.97. The summed E-state index contributed by atoms with van der Waals surface area (Å²) >= 11 is 0. The van der Waals surface area contributed by atoms with Crippen LogP contribution in [0.25, 0.3) is 0 Å². The average molecular weight is 697 g/mol. The lowest BCUT2D eigenvalue weighted by atomic mass is 9.94. The van der Waals surface area contributed by atoms with Crippen molar-refractivity contribution in [2.24, 2.45) is 0 Å². The molecule has 0 saturated carbocycles. The smallest absolute Gasteiger partial charge is 0.397 e. The molecule has 3 heterocycles. The van der Waals surface area contributed by atoms with E-state index in [0.717, 1.165) is 6.92 Å². The van der Waals surface area contributed by atoms with Crippen LogP contribution in [0.3, 0.4) is 0 Å². The largest absolute Gasteiger partial charge is 0.480 e. The lowest BCUT2D eigenvalue weighted by Gasteiger charge is -2.48. The van der Waals surface area contributed by atoms with Gasteiger partial charge in [-0.3, -0.25) is 19.5 Å².